The number of nitrogens with zero attached hydrogens (tertiary/aromatic N) is 1. The third kappa shape index (κ3) is 3.53. The zero-order valence-electron chi connectivity index (χ0n) is 10.3. The minimum Gasteiger partial charge on any atom is -0.387 e. The summed E-state index contributed by atoms with van der Waals surface area (Å²) in [5, 5.41) is 11.9. The number of rotatable bonds is 4. The molecule has 1 fully saturated rings. The number of hydrogen-bond acceptors (Lipinski definition) is 3. The Morgan fingerprint density at radius 1 is 1.18 bits per heavy atom. The summed E-state index contributed by atoms with van der Waals surface area (Å²) in [4.78, 5) is 0. The van der Waals surface area contributed by atoms with Crippen LogP contribution in [0, 0.1) is 0 Å². The van der Waals surface area contributed by atoms with Crippen LogP contribution in [0.2, 0.25) is 0 Å². The van der Waals surface area contributed by atoms with E-state index < -0.39 is 6.10 Å². The number of benzene rings is 1. The van der Waals surface area contributed by atoms with Gasteiger partial charge in [0.2, 0.25) is 0 Å². The van der Waals surface area contributed by atoms with Crippen LogP contribution in [0.4, 0.5) is 0 Å². The van der Waals surface area contributed by atoms with Gasteiger partial charge in [0.05, 0.1) is 6.10 Å². The molecule has 0 saturated heterocycles. The van der Waals surface area contributed by atoms with Gasteiger partial charge in [-0.25, -0.2) is 5.01 Å². The number of hydrazine groups is 1. The maximum atomic E-state index is 10.1. The number of aliphatic hydroxyl groups is 1. The molecular formula is C14H22N2O. The summed E-state index contributed by atoms with van der Waals surface area (Å²) in [5.74, 6) is 6.06. The van der Waals surface area contributed by atoms with Crippen molar-refractivity contribution in [1.29, 1.82) is 0 Å². The summed E-state index contributed by atoms with van der Waals surface area (Å²) in [6.45, 7) is 0.522. The van der Waals surface area contributed by atoms with Gasteiger partial charge in [0.15, 0.2) is 0 Å². The first-order valence-corrected chi connectivity index (χ1v) is 6.51. The summed E-state index contributed by atoms with van der Waals surface area (Å²) in [7, 11) is 0. The summed E-state index contributed by atoms with van der Waals surface area (Å²) in [6, 6.07) is 10.2. The van der Waals surface area contributed by atoms with E-state index in [1.54, 1.807) is 0 Å². The standard InChI is InChI=1S/C14H22N2O/c15-16(13-9-5-2-6-10-13)11-14(17)12-7-3-1-4-8-12/h1,3-4,7-8,13-14,17H,2,5-6,9-11,15H2/t14-/m1/s1. The van der Waals surface area contributed by atoms with Crippen molar-refractivity contribution in [1.82, 2.24) is 5.01 Å². The van der Waals surface area contributed by atoms with E-state index in [1.165, 1.54) is 19.3 Å². The van der Waals surface area contributed by atoms with Crippen molar-refractivity contribution in [2.24, 2.45) is 5.84 Å². The number of nitrogens with two attached hydrogens (primary N) is 1. The number of aliphatic hydroxyl groups excluding tert-OH is 1. The predicted molar refractivity (Wildman–Crippen MR) is 69.2 cm³/mol. The van der Waals surface area contributed by atoms with Crippen molar-refractivity contribution >= 4 is 0 Å². The van der Waals surface area contributed by atoms with Crippen molar-refractivity contribution in [2.75, 3.05) is 6.54 Å². The quantitative estimate of drug-likeness (QED) is 0.620. The van der Waals surface area contributed by atoms with Crippen LogP contribution in [0.3, 0.4) is 0 Å². The van der Waals surface area contributed by atoms with Crippen LogP contribution >= 0.6 is 0 Å². The molecule has 1 aromatic carbocycles. The Balaban J connectivity index is 1.87. The molecule has 2 rings (SSSR count). The van der Waals surface area contributed by atoms with E-state index in [2.05, 4.69) is 0 Å². The van der Waals surface area contributed by atoms with Gasteiger partial charge in [-0.15, -0.1) is 0 Å². The summed E-state index contributed by atoms with van der Waals surface area (Å²) < 4.78 is 0. The molecule has 3 N–H and O–H groups in total. The van der Waals surface area contributed by atoms with E-state index in [0.717, 1.165) is 18.4 Å². The summed E-state index contributed by atoms with van der Waals surface area (Å²) in [6.07, 6.45) is 5.70. The van der Waals surface area contributed by atoms with Crippen LogP contribution in [0.25, 0.3) is 0 Å². The Morgan fingerprint density at radius 2 is 1.82 bits per heavy atom. The Bertz CT molecular complexity index is 322. The average molecular weight is 234 g/mol. The van der Waals surface area contributed by atoms with Crippen LogP contribution in [0.5, 0.6) is 0 Å². The Morgan fingerprint density at radius 3 is 2.47 bits per heavy atom. The van der Waals surface area contributed by atoms with E-state index in [1.807, 2.05) is 35.3 Å². The van der Waals surface area contributed by atoms with Crippen LogP contribution in [0.1, 0.15) is 43.8 Å². The van der Waals surface area contributed by atoms with E-state index in [0.29, 0.717) is 12.6 Å². The molecule has 0 aliphatic heterocycles. The van der Waals surface area contributed by atoms with Gasteiger partial charge >= 0.3 is 0 Å². The fourth-order valence-electron chi connectivity index (χ4n) is 2.54. The van der Waals surface area contributed by atoms with Crippen molar-refractivity contribution in [3.63, 3.8) is 0 Å². The van der Waals surface area contributed by atoms with Gasteiger partial charge in [-0.05, 0) is 18.4 Å². The minimum atomic E-state index is -0.483. The lowest BCUT2D eigenvalue weighted by molar-refractivity contribution is 0.0730. The second-order valence-corrected chi connectivity index (χ2v) is 4.92. The van der Waals surface area contributed by atoms with Crippen LogP contribution < -0.4 is 5.84 Å². The van der Waals surface area contributed by atoms with Crippen LogP contribution in [0.15, 0.2) is 30.3 Å². The van der Waals surface area contributed by atoms with E-state index >= 15 is 0 Å². The molecule has 3 nitrogen and oxygen atoms in total. The molecule has 1 atom stereocenters. The van der Waals surface area contributed by atoms with Gasteiger partial charge in [-0.2, -0.15) is 0 Å². The molecule has 0 aromatic heterocycles. The molecule has 3 heteroatoms. The maximum absolute atomic E-state index is 10.1. The monoisotopic (exact) mass is 234 g/mol. The van der Waals surface area contributed by atoms with Gasteiger partial charge in [0.25, 0.3) is 0 Å². The third-order valence-corrected chi connectivity index (χ3v) is 3.61. The first-order chi connectivity index (χ1) is 8.27. The molecule has 0 heterocycles. The molecule has 1 saturated carbocycles. The molecule has 0 amide bonds. The SMILES string of the molecule is NN(C[C@@H](O)c1ccccc1)C1CCCCC1. The van der Waals surface area contributed by atoms with Crippen molar-refractivity contribution < 1.29 is 5.11 Å². The van der Waals surface area contributed by atoms with Crippen molar-refractivity contribution in [3.8, 4) is 0 Å². The van der Waals surface area contributed by atoms with Crippen molar-refractivity contribution in [3.05, 3.63) is 35.9 Å². The highest BCUT2D eigenvalue weighted by atomic mass is 16.3. The van der Waals surface area contributed by atoms with Gasteiger partial charge in [0, 0.05) is 12.6 Å². The zero-order chi connectivity index (χ0) is 12.1. The fourth-order valence-corrected chi connectivity index (χ4v) is 2.54. The molecule has 0 radical (unpaired) electrons. The Labute approximate surface area is 103 Å². The molecule has 0 bridgehead atoms. The lowest BCUT2D eigenvalue weighted by atomic mass is 9.95. The zero-order valence-corrected chi connectivity index (χ0v) is 10.3. The largest absolute Gasteiger partial charge is 0.387 e. The Kier molecular flexibility index (Phi) is 4.54. The molecule has 94 valence electrons. The van der Waals surface area contributed by atoms with Gasteiger partial charge in [0.1, 0.15) is 0 Å². The van der Waals surface area contributed by atoms with Gasteiger partial charge < -0.3 is 5.11 Å². The topological polar surface area (TPSA) is 49.5 Å². The molecule has 0 spiro atoms. The average Bonchev–Trinajstić information content (AvgIpc) is 2.40. The lowest BCUT2D eigenvalue weighted by Gasteiger charge is -2.31. The predicted octanol–water partition coefficient (Wildman–Crippen LogP) is 2.23. The summed E-state index contributed by atoms with van der Waals surface area (Å²) in [5.41, 5.74) is 0.943. The minimum absolute atomic E-state index is 0.446. The molecule has 0 unspecified atom stereocenters. The summed E-state index contributed by atoms with van der Waals surface area (Å²) >= 11 is 0. The molecular weight excluding hydrogens is 212 g/mol. The second kappa shape index (κ2) is 6.15. The van der Waals surface area contributed by atoms with Crippen LogP contribution in [-0.4, -0.2) is 22.7 Å². The third-order valence-electron chi connectivity index (χ3n) is 3.61. The second-order valence-electron chi connectivity index (χ2n) is 4.92. The maximum Gasteiger partial charge on any atom is 0.0931 e. The van der Waals surface area contributed by atoms with Crippen molar-refractivity contribution in [2.45, 2.75) is 44.2 Å². The van der Waals surface area contributed by atoms with Gasteiger partial charge in [-0.3, -0.25) is 5.84 Å². The molecule has 1 aliphatic rings. The molecule has 17 heavy (non-hydrogen) atoms. The molecule has 1 aromatic rings. The number of hydrogen-bond donors (Lipinski definition) is 2. The normalized spacial score (nSPS) is 19.5. The highest BCUT2D eigenvalue weighted by molar-refractivity contribution is 5.17. The fraction of sp³-hybridized carbons (Fsp3) is 0.571. The first kappa shape index (κ1) is 12.6. The highest BCUT2D eigenvalue weighted by Gasteiger charge is 2.21. The lowest BCUT2D eigenvalue weighted by Crippen LogP contribution is -2.44. The smallest absolute Gasteiger partial charge is 0.0931 e. The van der Waals surface area contributed by atoms with Gasteiger partial charge in [-0.1, -0.05) is 49.6 Å². The molecule has 1 aliphatic carbocycles. The highest BCUT2D eigenvalue weighted by Crippen LogP contribution is 2.22. The Hall–Kier alpha value is -0.900. The van der Waals surface area contributed by atoms with E-state index in [-0.39, 0.29) is 0 Å². The first-order valence-electron chi connectivity index (χ1n) is 6.51. The van der Waals surface area contributed by atoms with Crippen LogP contribution in [-0.2, 0) is 0 Å². The van der Waals surface area contributed by atoms with E-state index in [4.69, 9.17) is 5.84 Å². The van der Waals surface area contributed by atoms with E-state index in [9.17, 15) is 5.11 Å².